The molecule has 0 aliphatic carbocycles. The van der Waals surface area contributed by atoms with E-state index in [1.807, 2.05) is 18.8 Å². The lowest BCUT2D eigenvalue weighted by atomic mass is 10.1. The number of thioether (sulfide) groups is 1. The summed E-state index contributed by atoms with van der Waals surface area (Å²) in [6, 6.07) is 8.60. The van der Waals surface area contributed by atoms with Crippen LogP contribution in [0.5, 0.6) is 0 Å². The molecule has 1 aliphatic heterocycles. The zero-order valence-corrected chi connectivity index (χ0v) is 11.1. The lowest BCUT2D eigenvalue weighted by Crippen LogP contribution is -2.04. The Balaban J connectivity index is 1.79. The highest BCUT2D eigenvalue weighted by Gasteiger charge is 2.26. The van der Waals surface area contributed by atoms with Gasteiger partial charge in [0.1, 0.15) is 10.0 Å². The molecule has 0 bridgehead atoms. The Hall–Kier alpha value is -0.910. The molecule has 1 unspecified atom stereocenters. The van der Waals surface area contributed by atoms with Crippen LogP contribution in [0.4, 0.5) is 0 Å². The first-order chi connectivity index (χ1) is 8.36. The molecule has 1 aromatic heterocycles. The van der Waals surface area contributed by atoms with E-state index in [1.165, 1.54) is 10.5 Å². The van der Waals surface area contributed by atoms with Gasteiger partial charge in [0.25, 0.3) is 0 Å². The zero-order chi connectivity index (χ0) is 11.7. The summed E-state index contributed by atoms with van der Waals surface area (Å²) in [5, 5.41) is 14.3. The monoisotopic (exact) mass is 263 g/mol. The normalized spacial score (nSPS) is 18.3. The van der Waals surface area contributed by atoms with Gasteiger partial charge in [-0.2, -0.15) is 0 Å². The molecule has 88 valence electrons. The van der Waals surface area contributed by atoms with Gasteiger partial charge in [0.05, 0.1) is 5.25 Å². The van der Waals surface area contributed by atoms with Gasteiger partial charge in [-0.3, -0.25) is 0 Å². The van der Waals surface area contributed by atoms with Crippen LogP contribution in [-0.4, -0.2) is 17.2 Å². The topological polar surface area (TPSA) is 37.8 Å². The van der Waals surface area contributed by atoms with Crippen LogP contribution in [0.2, 0.25) is 0 Å². The molecule has 2 aromatic rings. The fraction of sp³-hybridized carbons (Fsp3) is 0.333. The van der Waals surface area contributed by atoms with E-state index in [2.05, 4.69) is 39.8 Å². The number of hydrogen-bond donors (Lipinski definition) is 1. The van der Waals surface area contributed by atoms with Crippen molar-refractivity contribution < 1.29 is 0 Å². The molecule has 3 rings (SSSR count). The molecule has 2 heterocycles. The minimum Gasteiger partial charge on any atom is -0.313 e. The van der Waals surface area contributed by atoms with E-state index in [-0.39, 0.29) is 0 Å². The van der Waals surface area contributed by atoms with Gasteiger partial charge in [-0.1, -0.05) is 29.5 Å². The first-order valence-corrected chi connectivity index (χ1v) is 7.28. The highest BCUT2D eigenvalue weighted by atomic mass is 32.2. The van der Waals surface area contributed by atoms with Crippen molar-refractivity contribution in [1.29, 1.82) is 0 Å². The number of fused-ring (bicyclic) bond motifs is 1. The van der Waals surface area contributed by atoms with Crippen molar-refractivity contribution in [2.24, 2.45) is 0 Å². The summed E-state index contributed by atoms with van der Waals surface area (Å²) in [6.45, 7) is 0.808. The van der Waals surface area contributed by atoms with E-state index < -0.39 is 0 Å². The summed E-state index contributed by atoms with van der Waals surface area (Å²) in [5.41, 5.74) is 1.44. The summed E-state index contributed by atoms with van der Waals surface area (Å²) >= 11 is 3.63. The van der Waals surface area contributed by atoms with Crippen LogP contribution >= 0.6 is 23.1 Å². The van der Waals surface area contributed by atoms with Gasteiger partial charge in [-0.25, -0.2) is 0 Å². The third-order valence-corrected chi connectivity index (χ3v) is 5.25. The van der Waals surface area contributed by atoms with Crippen LogP contribution in [0.25, 0.3) is 0 Å². The fourth-order valence-electron chi connectivity index (χ4n) is 1.94. The average molecular weight is 263 g/mol. The summed E-state index contributed by atoms with van der Waals surface area (Å²) < 4.78 is 0. The van der Waals surface area contributed by atoms with Gasteiger partial charge >= 0.3 is 0 Å². The molecule has 1 aliphatic rings. The molecule has 17 heavy (non-hydrogen) atoms. The van der Waals surface area contributed by atoms with Crippen LogP contribution in [0.15, 0.2) is 29.2 Å². The largest absolute Gasteiger partial charge is 0.313 e. The molecule has 0 saturated heterocycles. The van der Waals surface area contributed by atoms with Crippen molar-refractivity contribution in [2.45, 2.75) is 23.1 Å². The second kappa shape index (κ2) is 4.76. The van der Waals surface area contributed by atoms with Crippen LogP contribution in [0.1, 0.15) is 20.8 Å². The maximum Gasteiger partial charge on any atom is 0.131 e. The summed E-state index contributed by atoms with van der Waals surface area (Å²) in [4.78, 5) is 1.39. The van der Waals surface area contributed by atoms with Crippen molar-refractivity contribution in [1.82, 2.24) is 15.5 Å². The molecule has 3 nitrogen and oxygen atoms in total. The first-order valence-electron chi connectivity index (χ1n) is 5.58. The average Bonchev–Trinajstić information content (AvgIpc) is 2.94. The van der Waals surface area contributed by atoms with Crippen molar-refractivity contribution >= 4 is 23.1 Å². The molecule has 1 N–H and O–H groups in total. The van der Waals surface area contributed by atoms with Crippen molar-refractivity contribution in [3.63, 3.8) is 0 Å². The summed E-state index contributed by atoms with van der Waals surface area (Å²) in [5.74, 6) is 0. The molecular weight excluding hydrogens is 250 g/mol. The standard InChI is InChI=1S/C12H13N3S2/c1-13-7-11-14-15-12(17-11)10-6-8-4-2-3-5-9(8)16-10/h2-5,10,13H,6-7H2,1H3. The number of aromatic nitrogens is 2. The molecular formula is C12H13N3S2. The second-order valence-electron chi connectivity index (χ2n) is 3.98. The third kappa shape index (κ3) is 2.22. The Kier molecular flexibility index (Phi) is 3.13. The molecule has 1 aromatic carbocycles. The quantitative estimate of drug-likeness (QED) is 0.924. The predicted molar refractivity (Wildman–Crippen MR) is 71.4 cm³/mol. The smallest absolute Gasteiger partial charge is 0.131 e. The maximum absolute atomic E-state index is 4.31. The summed E-state index contributed by atoms with van der Waals surface area (Å²) in [6.07, 6.45) is 1.08. The minimum atomic E-state index is 0.454. The van der Waals surface area contributed by atoms with Crippen LogP contribution in [0, 0.1) is 0 Å². The second-order valence-corrected chi connectivity index (χ2v) is 6.32. The summed E-state index contributed by atoms with van der Waals surface area (Å²) in [7, 11) is 1.93. The molecule has 0 spiro atoms. The van der Waals surface area contributed by atoms with E-state index >= 15 is 0 Å². The van der Waals surface area contributed by atoms with Gasteiger partial charge in [0.15, 0.2) is 0 Å². The zero-order valence-electron chi connectivity index (χ0n) is 9.51. The highest BCUT2D eigenvalue weighted by Crippen LogP contribution is 2.46. The van der Waals surface area contributed by atoms with Crippen molar-refractivity contribution in [2.75, 3.05) is 7.05 Å². The van der Waals surface area contributed by atoms with Crippen molar-refractivity contribution in [3.05, 3.63) is 39.8 Å². The Morgan fingerprint density at radius 2 is 2.24 bits per heavy atom. The molecule has 0 fully saturated rings. The fourth-order valence-corrected chi connectivity index (χ4v) is 4.24. The molecule has 0 saturated carbocycles. The number of rotatable bonds is 3. The lowest BCUT2D eigenvalue weighted by Gasteiger charge is -2.01. The van der Waals surface area contributed by atoms with E-state index in [9.17, 15) is 0 Å². The van der Waals surface area contributed by atoms with Crippen LogP contribution in [0.3, 0.4) is 0 Å². The number of hydrogen-bond acceptors (Lipinski definition) is 5. The predicted octanol–water partition coefficient (Wildman–Crippen LogP) is 2.65. The number of benzene rings is 1. The molecule has 5 heteroatoms. The number of nitrogens with one attached hydrogen (secondary N) is 1. The lowest BCUT2D eigenvalue weighted by molar-refractivity contribution is 0.788. The highest BCUT2D eigenvalue weighted by molar-refractivity contribution is 8.00. The molecule has 0 radical (unpaired) electrons. The van der Waals surface area contributed by atoms with Gasteiger partial charge in [-0.15, -0.1) is 22.0 Å². The molecule has 0 amide bonds. The Morgan fingerprint density at radius 3 is 3.06 bits per heavy atom. The Labute approximate surface area is 109 Å². The van der Waals surface area contributed by atoms with Gasteiger partial charge < -0.3 is 5.32 Å². The Morgan fingerprint density at radius 1 is 1.35 bits per heavy atom. The van der Waals surface area contributed by atoms with E-state index in [0.717, 1.165) is 23.0 Å². The first kappa shape index (κ1) is 11.2. The van der Waals surface area contributed by atoms with E-state index in [0.29, 0.717) is 5.25 Å². The Bertz CT molecular complexity index is 499. The van der Waals surface area contributed by atoms with Crippen LogP contribution in [-0.2, 0) is 13.0 Å². The van der Waals surface area contributed by atoms with E-state index in [1.54, 1.807) is 11.3 Å². The SMILES string of the molecule is CNCc1nnc(C2Cc3ccccc3S2)s1. The maximum atomic E-state index is 4.31. The third-order valence-electron chi connectivity index (χ3n) is 2.73. The van der Waals surface area contributed by atoms with E-state index in [4.69, 9.17) is 0 Å². The molecule has 1 atom stereocenters. The van der Waals surface area contributed by atoms with Crippen molar-refractivity contribution in [3.8, 4) is 0 Å². The van der Waals surface area contributed by atoms with Gasteiger partial charge in [0, 0.05) is 11.4 Å². The van der Waals surface area contributed by atoms with Gasteiger partial charge in [0.2, 0.25) is 0 Å². The number of nitrogens with zero attached hydrogens (tertiary/aromatic N) is 2. The minimum absolute atomic E-state index is 0.454. The van der Waals surface area contributed by atoms with Gasteiger partial charge in [-0.05, 0) is 25.1 Å². The van der Waals surface area contributed by atoms with Crippen LogP contribution < -0.4 is 5.32 Å².